The quantitative estimate of drug-likeness (QED) is 0.798. The van der Waals surface area contributed by atoms with Gasteiger partial charge in [0, 0.05) is 6.04 Å². The van der Waals surface area contributed by atoms with Gasteiger partial charge in [0.15, 0.2) is 5.54 Å². The highest BCUT2D eigenvalue weighted by atomic mass is 16.6. The van der Waals surface area contributed by atoms with Crippen molar-refractivity contribution in [3.63, 3.8) is 0 Å². The SMILES string of the molecule is CC1CCC(C(=O)O)(C(C)O)N1C(=O)OC(C)(C)C. The van der Waals surface area contributed by atoms with Crippen molar-refractivity contribution in [2.24, 2.45) is 0 Å². The minimum atomic E-state index is -1.60. The standard InChI is InChI=1S/C13H23NO5/c1-8-6-7-13(9(2)15,10(16)17)14(8)11(18)19-12(3,4)5/h8-9,15H,6-7H2,1-5H3,(H,16,17). The summed E-state index contributed by atoms with van der Waals surface area (Å²) in [6.07, 6.45) is -1.11. The maximum atomic E-state index is 12.2. The Morgan fingerprint density at radius 2 is 1.95 bits per heavy atom. The molecule has 0 aliphatic carbocycles. The second-order valence-corrected chi connectivity index (χ2v) is 6.14. The van der Waals surface area contributed by atoms with Crippen LogP contribution in [0.4, 0.5) is 4.79 Å². The molecule has 3 unspecified atom stereocenters. The van der Waals surface area contributed by atoms with Crippen LogP contribution in [0.15, 0.2) is 0 Å². The lowest BCUT2D eigenvalue weighted by Crippen LogP contribution is -2.61. The van der Waals surface area contributed by atoms with Crippen LogP contribution < -0.4 is 0 Å². The van der Waals surface area contributed by atoms with E-state index < -0.39 is 29.3 Å². The second kappa shape index (κ2) is 5.00. The Bertz CT molecular complexity index is 374. The Morgan fingerprint density at radius 1 is 1.42 bits per heavy atom. The molecule has 1 aliphatic heterocycles. The number of nitrogens with zero attached hydrogens (tertiary/aromatic N) is 1. The number of carboxylic acid groups (broad SMARTS) is 1. The van der Waals surface area contributed by atoms with Crippen molar-refractivity contribution in [1.29, 1.82) is 0 Å². The van der Waals surface area contributed by atoms with Gasteiger partial charge in [0.25, 0.3) is 0 Å². The number of ether oxygens (including phenoxy) is 1. The average Bonchev–Trinajstić information content (AvgIpc) is 2.54. The predicted molar refractivity (Wildman–Crippen MR) is 68.8 cm³/mol. The van der Waals surface area contributed by atoms with Crippen LogP contribution in [0.1, 0.15) is 47.5 Å². The first-order valence-corrected chi connectivity index (χ1v) is 6.46. The molecule has 1 rings (SSSR count). The van der Waals surface area contributed by atoms with E-state index in [1.807, 2.05) is 0 Å². The van der Waals surface area contributed by atoms with Gasteiger partial charge in [-0.25, -0.2) is 9.59 Å². The maximum Gasteiger partial charge on any atom is 0.411 e. The number of carboxylic acids is 1. The van der Waals surface area contributed by atoms with Gasteiger partial charge < -0.3 is 14.9 Å². The summed E-state index contributed by atoms with van der Waals surface area (Å²) in [6, 6.07) is -0.277. The summed E-state index contributed by atoms with van der Waals surface area (Å²) in [5.74, 6) is -1.20. The molecule has 1 heterocycles. The van der Waals surface area contributed by atoms with Crippen molar-refractivity contribution in [3.8, 4) is 0 Å². The topological polar surface area (TPSA) is 87.1 Å². The average molecular weight is 273 g/mol. The van der Waals surface area contributed by atoms with Crippen molar-refractivity contribution in [2.75, 3.05) is 0 Å². The first kappa shape index (κ1) is 15.8. The smallest absolute Gasteiger partial charge is 0.411 e. The van der Waals surface area contributed by atoms with E-state index in [4.69, 9.17) is 4.74 Å². The van der Waals surface area contributed by atoms with Gasteiger partial charge in [0.05, 0.1) is 6.10 Å². The van der Waals surface area contributed by atoms with Crippen LogP contribution in [0.3, 0.4) is 0 Å². The number of aliphatic carboxylic acids is 1. The second-order valence-electron chi connectivity index (χ2n) is 6.14. The fourth-order valence-electron chi connectivity index (χ4n) is 2.52. The monoisotopic (exact) mass is 273 g/mol. The normalized spacial score (nSPS) is 29.2. The molecule has 0 spiro atoms. The van der Waals surface area contributed by atoms with Crippen molar-refractivity contribution in [2.45, 2.75) is 70.7 Å². The number of aliphatic hydroxyl groups is 1. The summed E-state index contributed by atoms with van der Waals surface area (Å²) in [6.45, 7) is 8.31. The van der Waals surface area contributed by atoms with Crippen LogP contribution in [-0.4, -0.2) is 50.5 Å². The molecule has 2 N–H and O–H groups in total. The third-order valence-electron chi connectivity index (χ3n) is 3.47. The zero-order chi connectivity index (χ0) is 15.0. The van der Waals surface area contributed by atoms with Gasteiger partial charge in [0.2, 0.25) is 0 Å². The number of amides is 1. The first-order chi connectivity index (χ1) is 8.52. The van der Waals surface area contributed by atoms with Crippen LogP contribution in [0.25, 0.3) is 0 Å². The summed E-state index contributed by atoms with van der Waals surface area (Å²) in [4.78, 5) is 25.0. The van der Waals surface area contributed by atoms with Gasteiger partial charge in [-0.1, -0.05) is 0 Å². The number of hydrogen-bond acceptors (Lipinski definition) is 4. The van der Waals surface area contributed by atoms with Gasteiger partial charge in [-0.2, -0.15) is 0 Å². The molecule has 1 fully saturated rings. The lowest BCUT2D eigenvalue weighted by molar-refractivity contribution is -0.157. The van der Waals surface area contributed by atoms with Crippen LogP contribution in [0.2, 0.25) is 0 Å². The largest absolute Gasteiger partial charge is 0.479 e. The molecule has 0 bridgehead atoms. The van der Waals surface area contributed by atoms with Crippen LogP contribution in [0.5, 0.6) is 0 Å². The summed E-state index contributed by atoms with van der Waals surface area (Å²) in [5, 5.41) is 19.3. The van der Waals surface area contributed by atoms with E-state index in [0.29, 0.717) is 6.42 Å². The lowest BCUT2D eigenvalue weighted by atomic mass is 9.90. The molecule has 1 aliphatic rings. The zero-order valence-electron chi connectivity index (χ0n) is 12.1. The number of likely N-dealkylation sites (tertiary alicyclic amines) is 1. The molecule has 0 aromatic carbocycles. The molecular weight excluding hydrogens is 250 g/mol. The summed E-state index contributed by atoms with van der Waals surface area (Å²) in [7, 11) is 0. The van der Waals surface area contributed by atoms with Gasteiger partial charge in [0.1, 0.15) is 5.60 Å². The predicted octanol–water partition coefficient (Wildman–Crippen LogP) is 1.61. The van der Waals surface area contributed by atoms with Crippen molar-refractivity contribution in [1.82, 2.24) is 4.90 Å². The molecule has 19 heavy (non-hydrogen) atoms. The summed E-state index contributed by atoms with van der Waals surface area (Å²) in [5.41, 5.74) is -2.30. The molecule has 1 saturated heterocycles. The van der Waals surface area contributed by atoms with E-state index in [1.54, 1.807) is 27.7 Å². The van der Waals surface area contributed by atoms with Crippen molar-refractivity contribution in [3.05, 3.63) is 0 Å². The molecule has 1 amide bonds. The maximum absolute atomic E-state index is 12.2. The highest BCUT2D eigenvalue weighted by Crippen LogP contribution is 2.38. The van der Waals surface area contributed by atoms with Gasteiger partial charge >= 0.3 is 12.1 Å². The highest BCUT2D eigenvalue weighted by Gasteiger charge is 2.57. The number of hydrogen-bond donors (Lipinski definition) is 2. The molecule has 0 aromatic heterocycles. The fraction of sp³-hybridized carbons (Fsp3) is 0.846. The Morgan fingerprint density at radius 3 is 2.32 bits per heavy atom. The summed E-state index contributed by atoms with van der Waals surface area (Å²) < 4.78 is 5.26. The number of carbonyl (C=O) groups excluding carboxylic acids is 1. The van der Waals surface area contributed by atoms with E-state index in [1.165, 1.54) is 11.8 Å². The molecule has 0 aromatic rings. The minimum absolute atomic E-state index is 0.223. The molecular formula is C13H23NO5. The Balaban J connectivity index is 3.12. The Hall–Kier alpha value is -1.30. The first-order valence-electron chi connectivity index (χ1n) is 6.46. The molecule has 6 heteroatoms. The summed E-state index contributed by atoms with van der Waals surface area (Å²) >= 11 is 0. The molecule has 3 atom stereocenters. The van der Waals surface area contributed by atoms with Gasteiger partial charge in [-0.05, 0) is 47.5 Å². The van der Waals surface area contributed by atoms with Crippen molar-refractivity contribution < 1.29 is 24.5 Å². The molecule has 0 saturated carbocycles. The minimum Gasteiger partial charge on any atom is -0.479 e. The Kier molecular flexibility index (Phi) is 4.14. The van der Waals surface area contributed by atoms with Crippen LogP contribution in [0, 0.1) is 0 Å². The highest BCUT2D eigenvalue weighted by molar-refractivity contribution is 5.86. The van der Waals surface area contributed by atoms with Crippen LogP contribution in [-0.2, 0) is 9.53 Å². The Labute approximate surface area is 113 Å². The zero-order valence-corrected chi connectivity index (χ0v) is 12.1. The van der Waals surface area contributed by atoms with E-state index in [9.17, 15) is 19.8 Å². The number of rotatable bonds is 2. The van der Waals surface area contributed by atoms with E-state index in [2.05, 4.69) is 0 Å². The third-order valence-corrected chi connectivity index (χ3v) is 3.47. The van der Waals surface area contributed by atoms with Crippen LogP contribution >= 0.6 is 0 Å². The molecule has 110 valence electrons. The third kappa shape index (κ3) is 2.83. The number of carbonyl (C=O) groups is 2. The van der Waals surface area contributed by atoms with E-state index in [0.717, 1.165) is 0 Å². The molecule has 0 radical (unpaired) electrons. The lowest BCUT2D eigenvalue weighted by Gasteiger charge is -2.39. The molecule has 6 nitrogen and oxygen atoms in total. The van der Waals surface area contributed by atoms with E-state index in [-0.39, 0.29) is 12.5 Å². The number of aliphatic hydroxyl groups excluding tert-OH is 1. The van der Waals surface area contributed by atoms with Crippen molar-refractivity contribution >= 4 is 12.1 Å². The van der Waals surface area contributed by atoms with E-state index >= 15 is 0 Å². The van der Waals surface area contributed by atoms with Gasteiger partial charge in [-0.3, -0.25) is 4.90 Å². The fourth-order valence-corrected chi connectivity index (χ4v) is 2.52. The van der Waals surface area contributed by atoms with Gasteiger partial charge in [-0.15, -0.1) is 0 Å².